The molecule has 0 saturated carbocycles. The van der Waals surface area contributed by atoms with Gasteiger partial charge in [-0.05, 0) is 67.3 Å². The van der Waals surface area contributed by atoms with E-state index in [2.05, 4.69) is 29.3 Å². The summed E-state index contributed by atoms with van der Waals surface area (Å²) >= 11 is 1.23. The fourth-order valence-electron chi connectivity index (χ4n) is 4.52. The van der Waals surface area contributed by atoms with Crippen LogP contribution < -0.4 is 5.32 Å². The first-order valence-electron chi connectivity index (χ1n) is 11.1. The van der Waals surface area contributed by atoms with Gasteiger partial charge in [-0.1, -0.05) is 25.1 Å². The van der Waals surface area contributed by atoms with Crippen LogP contribution in [0, 0.1) is 11.8 Å². The largest absolute Gasteiger partial charge is 0.326 e. The number of hydrogen-bond donors (Lipinski definition) is 1. The highest BCUT2D eigenvalue weighted by molar-refractivity contribution is 7.91. The molecule has 1 atom stereocenters. The van der Waals surface area contributed by atoms with Gasteiger partial charge in [0, 0.05) is 37.8 Å². The lowest BCUT2D eigenvalue weighted by Gasteiger charge is -2.31. The monoisotopic (exact) mass is 461 g/mol. The van der Waals surface area contributed by atoms with E-state index < -0.39 is 10.0 Å². The summed E-state index contributed by atoms with van der Waals surface area (Å²) in [5, 5.41) is 4.78. The molecule has 0 bridgehead atoms. The van der Waals surface area contributed by atoms with Crippen molar-refractivity contribution in [3.05, 3.63) is 47.3 Å². The minimum absolute atomic E-state index is 0.0224. The zero-order valence-electron chi connectivity index (χ0n) is 18.0. The second-order valence-electron chi connectivity index (χ2n) is 8.78. The van der Waals surface area contributed by atoms with Crippen molar-refractivity contribution < 1.29 is 13.2 Å². The standard InChI is InChI=1S/C23H31N3O3S2/c1-18-4-2-12-25(16-18)17-19-6-8-21(9-7-19)24-23(27)20-10-13-26(14-11-20)31(28,29)22-5-3-15-30-22/h3,5-9,15,18,20H,2,4,10-14,16-17H2,1H3,(H,24,27). The first kappa shape index (κ1) is 22.5. The molecule has 0 aliphatic carbocycles. The fraction of sp³-hybridized carbons (Fsp3) is 0.522. The average Bonchev–Trinajstić information content (AvgIpc) is 3.31. The Hall–Kier alpha value is -1.74. The van der Waals surface area contributed by atoms with Gasteiger partial charge in [0.05, 0.1) is 0 Å². The molecular formula is C23H31N3O3S2. The smallest absolute Gasteiger partial charge is 0.252 e. The molecule has 2 aliphatic heterocycles. The van der Waals surface area contributed by atoms with Gasteiger partial charge in [0.2, 0.25) is 5.91 Å². The minimum atomic E-state index is -3.43. The Bertz CT molecular complexity index is 966. The van der Waals surface area contributed by atoms with Gasteiger partial charge in [-0.2, -0.15) is 4.31 Å². The molecule has 2 aliphatic rings. The van der Waals surface area contributed by atoms with Crippen LogP contribution in [0.15, 0.2) is 46.0 Å². The second kappa shape index (κ2) is 9.81. The van der Waals surface area contributed by atoms with Crippen LogP contribution in [0.4, 0.5) is 5.69 Å². The maximum Gasteiger partial charge on any atom is 0.252 e. The molecular weight excluding hydrogens is 430 g/mol. The van der Waals surface area contributed by atoms with Crippen molar-refractivity contribution in [1.29, 1.82) is 0 Å². The van der Waals surface area contributed by atoms with E-state index in [1.807, 2.05) is 12.1 Å². The molecule has 1 aromatic carbocycles. The summed E-state index contributed by atoms with van der Waals surface area (Å²) in [5.41, 5.74) is 2.06. The Balaban J connectivity index is 1.27. The van der Waals surface area contributed by atoms with Gasteiger partial charge >= 0.3 is 0 Å². The molecule has 2 aromatic rings. The number of piperidine rings is 2. The summed E-state index contributed by atoms with van der Waals surface area (Å²) in [6.45, 7) is 6.34. The molecule has 1 N–H and O–H groups in total. The van der Waals surface area contributed by atoms with Crippen molar-refractivity contribution in [2.75, 3.05) is 31.5 Å². The number of benzene rings is 1. The number of sulfonamides is 1. The van der Waals surface area contributed by atoms with Crippen LogP contribution in [0.3, 0.4) is 0 Å². The third kappa shape index (κ3) is 5.55. The Kier molecular flexibility index (Phi) is 7.11. The van der Waals surface area contributed by atoms with Gasteiger partial charge in [-0.25, -0.2) is 8.42 Å². The van der Waals surface area contributed by atoms with Crippen molar-refractivity contribution in [3.8, 4) is 0 Å². The van der Waals surface area contributed by atoms with Crippen LogP contribution in [-0.2, 0) is 21.4 Å². The van der Waals surface area contributed by atoms with Gasteiger partial charge in [-0.15, -0.1) is 11.3 Å². The maximum absolute atomic E-state index is 12.7. The molecule has 0 spiro atoms. The number of carbonyl (C=O) groups excluding carboxylic acids is 1. The van der Waals surface area contributed by atoms with Crippen LogP contribution >= 0.6 is 11.3 Å². The van der Waals surface area contributed by atoms with Crippen molar-refractivity contribution >= 4 is 33.0 Å². The van der Waals surface area contributed by atoms with Crippen LogP contribution in [0.5, 0.6) is 0 Å². The number of likely N-dealkylation sites (tertiary alicyclic amines) is 1. The van der Waals surface area contributed by atoms with Gasteiger partial charge in [0.15, 0.2) is 0 Å². The zero-order chi connectivity index (χ0) is 21.8. The van der Waals surface area contributed by atoms with Crippen LogP contribution in [-0.4, -0.2) is 49.7 Å². The molecule has 8 heteroatoms. The minimum Gasteiger partial charge on any atom is -0.326 e. The summed E-state index contributed by atoms with van der Waals surface area (Å²) in [6, 6.07) is 11.5. The average molecular weight is 462 g/mol. The Morgan fingerprint density at radius 3 is 2.48 bits per heavy atom. The first-order valence-corrected chi connectivity index (χ1v) is 13.4. The van der Waals surface area contributed by atoms with Gasteiger partial charge in [0.25, 0.3) is 10.0 Å². The maximum atomic E-state index is 12.7. The van der Waals surface area contributed by atoms with E-state index in [4.69, 9.17) is 0 Å². The van der Waals surface area contributed by atoms with Gasteiger partial charge in [-0.3, -0.25) is 9.69 Å². The number of nitrogens with zero attached hydrogens (tertiary/aromatic N) is 2. The summed E-state index contributed by atoms with van der Waals surface area (Å²) < 4.78 is 27.2. The fourth-order valence-corrected chi connectivity index (χ4v) is 7.14. The molecule has 3 heterocycles. The highest BCUT2D eigenvalue weighted by Crippen LogP contribution is 2.27. The molecule has 4 rings (SSSR count). The van der Waals surface area contributed by atoms with E-state index in [1.165, 1.54) is 34.0 Å². The van der Waals surface area contributed by atoms with Crippen LogP contribution in [0.1, 0.15) is 38.2 Å². The normalized spacial score (nSPS) is 21.8. The van der Waals surface area contributed by atoms with Gasteiger partial charge < -0.3 is 5.32 Å². The first-order chi connectivity index (χ1) is 14.9. The number of carbonyl (C=O) groups is 1. The predicted octanol–water partition coefficient (Wildman–Crippen LogP) is 4.02. The van der Waals surface area contributed by atoms with Gasteiger partial charge in [0.1, 0.15) is 4.21 Å². The Morgan fingerprint density at radius 1 is 1.10 bits per heavy atom. The molecule has 6 nitrogen and oxygen atoms in total. The van der Waals surface area contributed by atoms with E-state index in [0.717, 1.165) is 31.2 Å². The van der Waals surface area contributed by atoms with E-state index in [1.54, 1.807) is 17.5 Å². The van der Waals surface area contributed by atoms with E-state index in [0.29, 0.717) is 30.1 Å². The van der Waals surface area contributed by atoms with Crippen molar-refractivity contribution in [2.24, 2.45) is 11.8 Å². The second-order valence-corrected chi connectivity index (χ2v) is 11.9. The lowest BCUT2D eigenvalue weighted by atomic mass is 9.97. The van der Waals surface area contributed by atoms with Crippen molar-refractivity contribution in [3.63, 3.8) is 0 Å². The molecule has 2 saturated heterocycles. The SMILES string of the molecule is CC1CCCN(Cc2ccc(NC(=O)C3CCN(S(=O)(=O)c4cccs4)CC3)cc2)C1. The van der Waals surface area contributed by atoms with Crippen molar-refractivity contribution in [2.45, 2.75) is 43.4 Å². The number of amides is 1. The number of hydrogen-bond acceptors (Lipinski definition) is 5. The lowest BCUT2D eigenvalue weighted by molar-refractivity contribution is -0.120. The molecule has 1 unspecified atom stereocenters. The lowest BCUT2D eigenvalue weighted by Crippen LogP contribution is -2.41. The number of nitrogens with one attached hydrogen (secondary N) is 1. The van der Waals surface area contributed by atoms with Crippen LogP contribution in [0.2, 0.25) is 0 Å². The molecule has 168 valence electrons. The number of anilines is 1. The summed E-state index contributed by atoms with van der Waals surface area (Å²) in [6.07, 6.45) is 3.67. The molecule has 1 amide bonds. The summed E-state index contributed by atoms with van der Waals surface area (Å²) in [5.74, 6) is 0.578. The molecule has 31 heavy (non-hydrogen) atoms. The van der Waals surface area contributed by atoms with E-state index in [9.17, 15) is 13.2 Å². The third-order valence-corrected chi connectivity index (χ3v) is 9.55. The zero-order valence-corrected chi connectivity index (χ0v) is 19.6. The van der Waals surface area contributed by atoms with Crippen molar-refractivity contribution in [1.82, 2.24) is 9.21 Å². The Labute approximate surface area is 189 Å². The Morgan fingerprint density at radius 2 is 1.84 bits per heavy atom. The molecule has 2 fully saturated rings. The summed E-state index contributed by atoms with van der Waals surface area (Å²) in [7, 11) is -3.43. The molecule has 1 aromatic heterocycles. The topological polar surface area (TPSA) is 69.7 Å². The van der Waals surface area contributed by atoms with Crippen LogP contribution in [0.25, 0.3) is 0 Å². The molecule has 0 radical (unpaired) electrons. The summed E-state index contributed by atoms with van der Waals surface area (Å²) in [4.78, 5) is 15.2. The quantitative estimate of drug-likeness (QED) is 0.705. The van der Waals surface area contributed by atoms with E-state index in [-0.39, 0.29) is 11.8 Å². The third-order valence-electron chi connectivity index (χ3n) is 6.28. The number of thiophene rings is 1. The van der Waals surface area contributed by atoms with E-state index >= 15 is 0 Å². The number of rotatable bonds is 6. The highest BCUT2D eigenvalue weighted by Gasteiger charge is 2.32. The highest BCUT2D eigenvalue weighted by atomic mass is 32.2. The predicted molar refractivity (Wildman–Crippen MR) is 125 cm³/mol.